The Labute approximate surface area is 204 Å². The summed E-state index contributed by atoms with van der Waals surface area (Å²) in [6.45, 7) is 1.89. The lowest BCUT2D eigenvalue weighted by molar-refractivity contribution is -0.192. The van der Waals surface area contributed by atoms with Crippen LogP contribution >= 0.6 is 0 Å². The highest BCUT2D eigenvalue weighted by atomic mass is 19.4. The van der Waals surface area contributed by atoms with Gasteiger partial charge in [0.1, 0.15) is 5.75 Å². The Balaban J connectivity index is 0.000000762. The summed E-state index contributed by atoms with van der Waals surface area (Å²) in [6, 6.07) is 18.7. The van der Waals surface area contributed by atoms with Crippen LogP contribution in [0.2, 0.25) is 0 Å². The molecule has 194 valence electrons. The summed E-state index contributed by atoms with van der Waals surface area (Å²) in [5.74, 6) is -2.64. The summed E-state index contributed by atoms with van der Waals surface area (Å²) < 4.78 is 37.6. The maximum Gasteiger partial charge on any atom is 0.490 e. The molecule has 0 aromatic heterocycles. The first-order valence-corrected chi connectivity index (χ1v) is 11.7. The van der Waals surface area contributed by atoms with Crippen LogP contribution < -0.4 is 10.1 Å². The fraction of sp³-hybridized carbons (Fsp3) is 0.462. The molecule has 2 aromatic rings. The van der Waals surface area contributed by atoms with E-state index in [-0.39, 0.29) is 6.42 Å². The number of unbranched alkanes of at least 4 members (excludes halogenated alkanes) is 5. The third kappa shape index (κ3) is 16.2. The van der Waals surface area contributed by atoms with Crippen molar-refractivity contribution in [3.63, 3.8) is 0 Å². The molecule has 0 saturated heterocycles. The van der Waals surface area contributed by atoms with Crippen LogP contribution in [0.15, 0.2) is 54.6 Å². The number of aryl methyl sites for hydroxylation is 1. The van der Waals surface area contributed by atoms with Crippen LogP contribution in [-0.4, -0.2) is 41.5 Å². The molecule has 0 aliphatic carbocycles. The van der Waals surface area contributed by atoms with Gasteiger partial charge in [-0.3, -0.25) is 4.79 Å². The van der Waals surface area contributed by atoms with Crippen LogP contribution in [0.3, 0.4) is 0 Å². The molecule has 0 radical (unpaired) electrons. The van der Waals surface area contributed by atoms with E-state index in [0.717, 1.165) is 24.3 Å². The van der Waals surface area contributed by atoms with Gasteiger partial charge in [-0.25, -0.2) is 4.79 Å². The first-order chi connectivity index (χ1) is 16.7. The van der Waals surface area contributed by atoms with Crippen molar-refractivity contribution >= 4 is 11.9 Å². The van der Waals surface area contributed by atoms with Crippen LogP contribution in [-0.2, 0) is 22.6 Å². The zero-order chi connectivity index (χ0) is 25.9. The minimum Gasteiger partial charge on any atom is -0.494 e. The fourth-order valence-corrected chi connectivity index (χ4v) is 3.15. The Hall–Kier alpha value is -3.07. The molecule has 2 aromatic carbocycles. The van der Waals surface area contributed by atoms with Crippen molar-refractivity contribution in [3.05, 3.63) is 65.7 Å². The van der Waals surface area contributed by atoms with Gasteiger partial charge >= 0.3 is 18.1 Å². The fourth-order valence-electron chi connectivity index (χ4n) is 3.15. The molecule has 35 heavy (non-hydrogen) atoms. The summed E-state index contributed by atoms with van der Waals surface area (Å²) in [6.07, 6.45) is 3.67. The molecule has 2 rings (SSSR count). The molecule has 0 spiro atoms. The van der Waals surface area contributed by atoms with E-state index in [4.69, 9.17) is 19.7 Å². The number of hydrogen-bond donors (Lipinski definition) is 3. The minimum atomic E-state index is -5.08. The van der Waals surface area contributed by atoms with Crippen LogP contribution in [0.4, 0.5) is 13.2 Å². The zero-order valence-electron chi connectivity index (χ0n) is 19.7. The van der Waals surface area contributed by atoms with E-state index in [1.165, 1.54) is 44.1 Å². The number of alkyl halides is 3. The Kier molecular flexibility index (Phi) is 14.9. The third-order valence-electron chi connectivity index (χ3n) is 4.96. The van der Waals surface area contributed by atoms with E-state index in [9.17, 15) is 18.0 Å². The SMILES string of the molecule is O=C(O)C(F)(F)F.O=C(O)CCNCc1cccc(OCCCCCCCCc2ccccc2)c1. The Bertz CT molecular complexity index is 860. The highest BCUT2D eigenvalue weighted by Gasteiger charge is 2.38. The van der Waals surface area contributed by atoms with Crippen LogP contribution in [0.5, 0.6) is 5.75 Å². The Morgan fingerprint density at radius 1 is 0.829 bits per heavy atom. The number of rotatable bonds is 15. The minimum absolute atomic E-state index is 0.141. The first-order valence-electron chi connectivity index (χ1n) is 11.7. The lowest BCUT2D eigenvalue weighted by atomic mass is 10.1. The number of carboxylic acid groups (broad SMARTS) is 2. The number of nitrogens with one attached hydrogen (secondary N) is 1. The van der Waals surface area contributed by atoms with E-state index in [1.807, 2.05) is 24.3 Å². The molecule has 9 heteroatoms. The first kappa shape index (κ1) is 30.0. The van der Waals surface area contributed by atoms with Gasteiger partial charge in [0.2, 0.25) is 0 Å². The lowest BCUT2D eigenvalue weighted by Crippen LogP contribution is -2.21. The maximum atomic E-state index is 10.6. The van der Waals surface area contributed by atoms with E-state index in [0.29, 0.717) is 13.1 Å². The second kappa shape index (κ2) is 17.4. The summed E-state index contributed by atoms with van der Waals surface area (Å²) >= 11 is 0. The standard InChI is InChI=1S/C24H33NO3.C2HF3O2/c26-24(27)16-17-25-20-22-14-10-15-23(19-22)28-18-9-4-2-1-3-6-11-21-12-7-5-8-13-21;3-2(4,5)1(6)7/h5,7-8,10,12-15,19,25H,1-4,6,9,11,16-18,20H2,(H,26,27);(H,6,7). The van der Waals surface area contributed by atoms with Crippen molar-refractivity contribution in [3.8, 4) is 5.75 Å². The summed E-state index contributed by atoms with van der Waals surface area (Å²) in [5, 5.41) is 18.9. The molecular weight excluding hydrogens is 463 g/mol. The number of aliphatic carboxylic acids is 2. The molecule has 0 aliphatic heterocycles. The highest BCUT2D eigenvalue weighted by molar-refractivity contribution is 5.73. The maximum absolute atomic E-state index is 10.6. The average molecular weight is 498 g/mol. The van der Waals surface area contributed by atoms with Gasteiger partial charge in [-0.1, -0.05) is 68.1 Å². The second-order valence-corrected chi connectivity index (χ2v) is 7.98. The quantitative estimate of drug-likeness (QED) is 0.267. The zero-order valence-corrected chi connectivity index (χ0v) is 19.7. The molecule has 3 N–H and O–H groups in total. The summed E-state index contributed by atoms with van der Waals surface area (Å²) in [5.41, 5.74) is 2.55. The van der Waals surface area contributed by atoms with Crippen molar-refractivity contribution in [2.75, 3.05) is 13.2 Å². The summed E-state index contributed by atoms with van der Waals surface area (Å²) in [4.78, 5) is 19.4. The van der Waals surface area contributed by atoms with E-state index >= 15 is 0 Å². The normalized spacial score (nSPS) is 10.8. The molecular formula is C26H34F3NO5. The number of ether oxygens (including phenoxy) is 1. The van der Waals surface area contributed by atoms with Crippen LogP contribution in [0.1, 0.15) is 56.1 Å². The predicted octanol–water partition coefficient (Wildman–Crippen LogP) is 5.85. The van der Waals surface area contributed by atoms with Crippen molar-refractivity contribution in [2.45, 2.75) is 64.1 Å². The molecule has 0 bridgehead atoms. The molecule has 0 unspecified atom stereocenters. The Morgan fingerprint density at radius 2 is 1.43 bits per heavy atom. The predicted molar refractivity (Wildman–Crippen MR) is 127 cm³/mol. The highest BCUT2D eigenvalue weighted by Crippen LogP contribution is 2.15. The van der Waals surface area contributed by atoms with Crippen LogP contribution in [0.25, 0.3) is 0 Å². The second-order valence-electron chi connectivity index (χ2n) is 7.98. The smallest absolute Gasteiger partial charge is 0.490 e. The number of carbonyl (C=O) groups is 2. The number of halogens is 3. The van der Waals surface area contributed by atoms with Crippen molar-refractivity contribution in [1.82, 2.24) is 5.32 Å². The van der Waals surface area contributed by atoms with E-state index in [1.54, 1.807) is 0 Å². The van der Waals surface area contributed by atoms with Crippen LogP contribution in [0, 0.1) is 0 Å². The lowest BCUT2D eigenvalue weighted by Gasteiger charge is -2.09. The topological polar surface area (TPSA) is 95.9 Å². The Morgan fingerprint density at radius 3 is 2.06 bits per heavy atom. The van der Waals surface area contributed by atoms with Gasteiger partial charge in [-0.15, -0.1) is 0 Å². The molecule has 0 fully saturated rings. The monoisotopic (exact) mass is 497 g/mol. The molecule has 0 amide bonds. The van der Waals surface area contributed by atoms with Crippen molar-refractivity contribution in [1.29, 1.82) is 0 Å². The van der Waals surface area contributed by atoms with Gasteiger partial charge in [-0.2, -0.15) is 13.2 Å². The van der Waals surface area contributed by atoms with Crippen molar-refractivity contribution < 1.29 is 37.7 Å². The number of hydrogen-bond acceptors (Lipinski definition) is 4. The van der Waals surface area contributed by atoms with Gasteiger partial charge in [0, 0.05) is 13.1 Å². The molecule has 0 saturated carbocycles. The molecule has 0 atom stereocenters. The average Bonchev–Trinajstić information content (AvgIpc) is 2.81. The van der Waals surface area contributed by atoms with E-state index < -0.39 is 18.1 Å². The van der Waals surface area contributed by atoms with Crippen molar-refractivity contribution in [2.24, 2.45) is 0 Å². The molecule has 0 heterocycles. The third-order valence-corrected chi connectivity index (χ3v) is 4.96. The largest absolute Gasteiger partial charge is 0.494 e. The van der Waals surface area contributed by atoms with Gasteiger partial charge in [-0.05, 0) is 42.5 Å². The van der Waals surface area contributed by atoms with Gasteiger partial charge in [0.05, 0.1) is 13.0 Å². The van der Waals surface area contributed by atoms with Gasteiger partial charge < -0.3 is 20.3 Å². The molecule has 0 aliphatic rings. The van der Waals surface area contributed by atoms with Gasteiger partial charge in [0.15, 0.2) is 0 Å². The van der Waals surface area contributed by atoms with Gasteiger partial charge in [0.25, 0.3) is 0 Å². The van der Waals surface area contributed by atoms with E-state index in [2.05, 4.69) is 35.6 Å². The summed E-state index contributed by atoms with van der Waals surface area (Å²) in [7, 11) is 0. The molecule has 6 nitrogen and oxygen atoms in total. The number of benzene rings is 2. The number of carboxylic acids is 2.